The molecule has 0 radical (unpaired) electrons. The summed E-state index contributed by atoms with van der Waals surface area (Å²) in [5.41, 5.74) is 9.00. The Labute approximate surface area is 122 Å². The van der Waals surface area contributed by atoms with Gasteiger partial charge in [-0.15, -0.1) is 0 Å². The van der Waals surface area contributed by atoms with E-state index in [0.717, 1.165) is 12.5 Å². The van der Waals surface area contributed by atoms with Gasteiger partial charge >= 0.3 is 0 Å². The SMILES string of the molecule is CC[C@@H](N)c1ccccc1N1CCCN2CCCC2C1. The lowest BCUT2D eigenvalue weighted by atomic mass is 10.0. The van der Waals surface area contributed by atoms with Crippen LogP contribution in [-0.2, 0) is 0 Å². The molecule has 3 nitrogen and oxygen atoms in total. The molecule has 1 aromatic rings. The topological polar surface area (TPSA) is 32.5 Å². The van der Waals surface area contributed by atoms with Gasteiger partial charge in [-0.3, -0.25) is 4.90 Å². The summed E-state index contributed by atoms with van der Waals surface area (Å²) in [6.45, 7) is 7.08. The Morgan fingerprint density at radius 3 is 2.85 bits per heavy atom. The van der Waals surface area contributed by atoms with E-state index in [-0.39, 0.29) is 6.04 Å². The summed E-state index contributed by atoms with van der Waals surface area (Å²) < 4.78 is 0. The van der Waals surface area contributed by atoms with Gasteiger partial charge in [-0.1, -0.05) is 25.1 Å². The van der Waals surface area contributed by atoms with Crippen LogP contribution in [0.5, 0.6) is 0 Å². The van der Waals surface area contributed by atoms with Crippen molar-refractivity contribution in [3.05, 3.63) is 29.8 Å². The monoisotopic (exact) mass is 273 g/mol. The Hall–Kier alpha value is -1.06. The third-order valence-electron chi connectivity index (χ3n) is 4.92. The normalized spacial score (nSPS) is 25.3. The molecule has 20 heavy (non-hydrogen) atoms. The van der Waals surface area contributed by atoms with Crippen molar-refractivity contribution in [3.63, 3.8) is 0 Å². The van der Waals surface area contributed by atoms with Gasteiger partial charge in [0, 0.05) is 37.4 Å². The summed E-state index contributed by atoms with van der Waals surface area (Å²) in [4.78, 5) is 5.27. The van der Waals surface area contributed by atoms with Crippen molar-refractivity contribution in [2.24, 2.45) is 5.73 Å². The van der Waals surface area contributed by atoms with Crippen LogP contribution in [0.15, 0.2) is 24.3 Å². The summed E-state index contributed by atoms with van der Waals surface area (Å²) >= 11 is 0. The Morgan fingerprint density at radius 1 is 1.20 bits per heavy atom. The number of benzene rings is 1. The molecule has 1 unspecified atom stereocenters. The summed E-state index contributed by atoms with van der Waals surface area (Å²) in [5.74, 6) is 0. The van der Waals surface area contributed by atoms with Crippen molar-refractivity contribution >= 4 is 5.69 Å². The molecule has 1 aromatic carbocycles. The van der Waals surface area contributed by atoms with Gasteiger partial charge in [0.1, 0.15) is 0 Å². The Morgan fingerprint density at radius 2 is 2.00 bits per heavy atom. The quantitative estimate of drug-likeness (QED) is 0.919. The van der Waals surface area contributed by atoms with Crippen LogP contribution >= 0.6 is 0 Å². The Balaban J connectivity index is 1.84. The third-order valence-corrected chi connectivity index (χ3v) is 4.92. The molecule has 0 amide bonds. The van der Waals surface area contributed by atoms with Crippen molar-refractivity contribution in [2.45, 2.75) is 44.7 Å². The second-order valence-corrected chi connectivity index (χ2v) is 6.21. The lowest BCUT2D eigenvalue weighted by Crippen LogP contribution is -2.37. The number of nitrogens with two attached hydrogens (primary N) is 1. The molecule has 2 saturated heterocycles. The number of fused-ring (bicyclic) bond motifs is 1. The molecule has 0 saturated carbocycles. The van der Waals surface area contributed by atoms with Crippen molar-refractivity contribution < 1.29 is 0 Å². The zero-order chi connectivity index (χ0) is 13.9. The zero-order valence-corrected chi connectivity index (χ0v) is 12.6. The van der Waals surface area contributed by atoms with E-state index in [1.54, 1.807) is 0 Å². The van der Waals surface area contributed by atoms with Gasteiger partial charge in [-0.2, -0.15) is 0 Å². The van der Waals surface area contributed by atoms with E-state index in [1.165, 1.54) is 56.7 Å². The van der Waals surface area contributed by atoms with Gasteiger partial charge in [-0.25, -0.2) is 0 Å². The lowest BCUT2D eigenvalue weighted by molar-refractivity contribution is 0.273. The number of anilines is 1. The van der Waals surface area contributed by atoms with Crippen LogP contribution in [0.4, 0.5) is 5.69 Å². The van der Waals surface area contributed by atoms with Crippen LogP contribution < -0.4 is 10.6 Å². The maximum Gasteiger partial charge on any atom is 0.0415 e. The minimum Gasteiger partial charge on any atom is -0.370 e. The van der Waals surface area contributed by atoms with Crippen molar-refractivity contribution in [3.8, 4) is 0 Å². The minimum absolute atomic E-state index is 0.161. The first kappa shape index (κ1) is 13.9. The van der Waals surface area contributed by atoms with Crippen LogP contribution in [0.1, 0.15) is 44.2 Å². The smallest absolute Gasteiger partial charge is 0.0415 e. The highest BCUT2D eigenvalue weighted by Crippen LogP contribution is 2.30. The molecule has 2 aliphatic rings. The number of para-hydroxylation sites is 1. The first-order chi connectivity index (χ1) is 9.79. The Bertz CT molecular complexity index is 446. The molecule has 2 heterocycles. The fourth-order valence-corrected chi connectivity index (χ4v) is 3.73. The van der Waals surface area contributed by atoms with Crippen LogP contribution in [0.3, 0.4) is 0 Å². The molecule has 2 fully saturated rings. The van der Waals surface area contributed by atoms with Gasteiger partial charge in [0.25, 0.3) is 0 Å². The highest BCUT2D eigenvalue weighted by molar-refractivity contribution is 5.55. The third kappa shape index (κ3) is 2.70. The zero-order valence-electron chi connectivity index (χ0n) is 12.6. The maximum atomic E-state index is 6.31. The summed E-state index contributed by atoms with van der Waals surface area (Å²) in [6, 6.07) is 9.65. The van der Waals surface area contributed by atoms with Gasteiger partial charge < -0.3 is 10.6 Å². The fraction of sp³-hybridized carbons (Fsp3) is 0.647. The van der Waals surface area contributed by atoms with E-state index in [0.29, 0.717) is 0 Å². The predicted molar refractivity (Wildman–Crippen MR) is 85.1 cm³/mol. The molecule has 3 heteroatoms. The Kier molecular flexibility index (Phi) is 4.27. The highest BCUT2D eigenvalue weighted by atomic mass is 15.3. The molecule has 110 valence electrons. The first-order valence-electron chi connectivity index (χ1n) is 8.13. The largest absolute Gasteiger partial charge is 0.370 e. The van der Waals surface area contributed by atoms with Gasteiger partial charge in [0.15, 0.2) is 0 Å². The number of nitrogens with zero attached hydrogens (tertiary/aromatic N) is 2. The highest BCUT2D eigenvalue weighted by Gasteiger charge is 2.29. The van der Waals surface area contributed by atoms with Gasteiger partial charge in [0.05, 0.1) is 0 Å². The molecular formula is C17H27N3. The first-order valence-corrected chi connectivity index (χ1v) is 8.13. The van der Waals surface area contributed by atoms with Crippen LogP contribution in [0, 0.1) is 0 Å². The van der Waals surface area contributed by atoms with Crippen molar-refractivity contribution in [1.82, 2.24) is 4.90 Å². The predicted octanol–water partition coefficient (Wildman–Crippen LogP) is 2.77. The standard InChI is InChI=1S/C17H27N3/c1-2-16(18)15-8-3-4-9-17(15)20-12-6-11-19-10-5-7-14(19)13-20/h3-4,8-9,14,16H,2,5-7,10-13,18H2,1H3/t14?,16-/m1/s1. The van der Waals surface area contributed by atoms with Gasteiger partial charge in [-0.05, 0) is 43.9 Å². The molecule has 0 aliphatic carbocycles. The van der Waals surface area contributed by atoms with Crippen LogP contribution in [0.25, 0.3) is 0 Å². The van der Waals surface area contributed by atoms with E-state index in [4.69, 9.17) is 5.73 Å². The van der Waals surface area contributed by atoms with E-state index < -0.39 is 0 Å². The maximum absolute atomic E-state index is 6.31. The van der Waals surface area contributed by atoms with Crippen molar-refractivity contribution in [2.75, 3.05) is 31.1 Å². The van der Waals surface area contributed by atoms with E-state index in [2.05, 4.69) is 41.0 Å². The van der Waals surface area contributed by atoms with Crippen LogP contribution in [0.2, 0.25) is 0 Å². The van der Waals surface area contributed by atoms with Gasteiger partial charge in [0.2, 0.25) is 0 Å². The van der Waals surface area contributed by atoms with Crippen molar-refractivity contribution in [1.29, 1.82) is 0 Å². The average molecular weight is 273 g/mol. The molecule has 2 atom stereocenters. The minimum atomic E-state index is 0.161. The lowest BCUT2D eigenvalue weighted by Gasteiger charge is -2.30. The average Bonchev–Trinajstić information content (AvgIpc) is 2.83. The summed E-state index contributed by atoms with van der Waals surface area (Å²) in [6.07, 6.45) is 5.00. The molecule has 0 bridgehead atoms. The van der Waals surface area contributed by atoms with Crippen LogP contribution in [-0.4, -0.2) is 37.1 Å². The summed E-state index contributed by atoms with van der Waals surface area (Å²) in [7, 11) is 0. The second kappa shape index (κ2) is 6.15. The van der Waals surface area contributed by atoms with E-state index in [1.807, 2.05) is 0 Å². The summed E-state index contributed by atoms with van der Waals surface area (Å²) in [5, 5.41) is 0. The number of hydrogen-bond donors (Lipinski definition) is 1. The number of rotatable bonds is 3. The van der Waals surface area contributed by atoms with E-state index in [9.17, 15) is 0 Å². The molecule has 2 N–H and O–H groups in total. The van der Waals surface area contributed by atoms with E-state index >= 15 is 0 Å². The fourth-order valence-electron chi connectivity index (χ4n) is 3.73. The molecule has 3 rings (SSSR count). The molecule has 0 aromatic heterocycles. The molecule has 2 aliphatic heterocycles. The second-order valence-electron chi connectivity index (χ2n) is 6.21. The molecular weight excluding hydrogens is 246 g/mol. The molecule has 0 spiro atoms. The number of hydrogen-bond acceptors (Lipinski definition) is 3.